The van der Waals surface area contributed by atoms with E-state index in [4.69, 9.17) is 9.47 Å². The van der Waals surface area contributed by atoms with E-state index in [1.54, 1.807) is 12.1 Å². The van der Waals surface area contributed by atoms with E-state index in [2.05, 4.69) is 5.32 Å². The van der Waals surface area contributed by atoms with Crippen molar-refractivity contribution in [2.24, 2.45) is 0 Å². The topological polar surface area (TPSA) is 47.6 Å². The maximum absolute atomic E-state index is 12.9. The number of methoxy groups -OCH3 is 1. The average Bonchev–Trinajstić information content (AvgIpc) is 2.43. The first-order valence-corrected chi connectivity index (χ1v) is 6.33. The first-order chi connectivity index (χ1) is 9.19. The number of rotatable bonds is 8. The lowest BCUT2D eigenvalue weighted by Crippen LogP contribution is -2.30. The lowest BCUT2D eigenvalue weighted by molar-refractivity contribution is -0.143. The van der Waals surface area contributed by atoms with Crippen LogP contribution in [0.1, 0.15) is 24.9 Å². The van der Waals surface area contributed by atoms with Crippen LogP contribution in [-0.2, 0) is 14.3 Å². The fourth-order valence-electron chi connectivity index (χ4n) is 1.68. The third-order valence-corrected chi connectivity index (χ3v) is 2.66. The molecule has 4 nitrogen and oxygen atoms in total. The molecule has 0 amide bonds. The number of carbonyl (C=O) groups is 1. The molecule has 0 aromatic heterocycles. The summed E-state index contributed by atoms with van der Waals surface area (Å²) >= 11 is 0. The third-order valence-electron chi connectivity index (χ3n) is 2.66. The van der Waals surface area contributed by atoms with Crippen molar-refractivity contribution in [2.45, 2.75) is 19.4 Å². The van der Waals surface area contributed by atoms with Crippen molar-refractivity contribution >= 4 is 5.97 Å². The fraction of sp³-hybridized carbons (Fsp3) is 0.500. The SMILES string of the molecule is CCOCCCNC(C(=O)OC)c1ccc(F)cc1. The molecule has 0 aliphatic heterocycles. The number of esters is 1. The minimum absolute atomic E-state index is 0.330. The van der Waals surface area contributed by atoms with Gasteiger partial charge in [0.15, 0.2) is 0 Å². The molecule has 1 aromatic carbocycles. The summed E-state index contributed by atoms with van der Waals surface area (Å²) < 4.78 is 22.8. The zero-order chi connectivity index (χ0) is 14.1. The molecule has 0 aliphatic rings. The highest BCUT2D eigenvalue weighted by Gasteiger charge is 2.20. The van der Waals surface area contributed by atoms with Crippen molar-refractivity contribution in [3.8, 4) is 0 Å². The highest BCUT2D eigenvalue weighted by Crippen LogP contribution is 2.15. The van der Waals surface area contributed by atoms with Gasteiger partial charge in [0.05, 0.1) is 7.11 Å². The highest BCUT2D eigenvalue weighted by molar-refractivity contribution is 5.77. The van der Waals surface area contributed by atoms with E-state index in [1.807, 2.05) is 6.92 Å². The van der Waals surface area contributed by atoms with Crippen molar-refractivity contribution < 1.29 is 18.7 Å². The summed E-state index contributed by atoms with van der Waals surface area (Å²) in [7, 11) is 1.33. The molecule has 0 heterocycles. The lowest BCUT2D eigenvalue weighted by Gasteiger charge is -2.16. The van der Waals surface area contributed by atoms with E-state index >= 15 is 0 Å². The first kappa shape index (κ1) is 15.6. The van der Waals surface area contributed by atoms with Crippen molar-refractivity contribution in [1.29, 1.82) is 0 Å². The van der Waals surface area contributed by atoms with Crippen molar-refractivity contribution in [3.63, 3.8) is 0 Å². The van der Waals surface area contributed by atoms with Crippen LogP contribution in [0.5, 0.6) is 0 Å². The number of hydrogen-bond acceptors (Lipinski definition) is 4. The number of nitrogens with one attached hydrogen (secondary N) is 1. The van der Waals surface area contributed by atoms with E-state index in [9.17, 15) is 9.18 Å². The van der Waals surface area contributed by atoms with Gasteiger partial charge in [0, 0.05) is 13.2 Å². The Kier molecular flexibility index (Phi) is 7.07. The second-order valence-electron chi connectivity index (χ2n) is 4.01. The van der Waals surface area contributed by atoms with Gasteiger partial charge in [-0.3, -0.25) is 0 Å². The summed E-state index contributed by atoms with van der Waals surface area (Å²) in [5, 5.41) is 3.09. The van der Waals surface area contributed by atoms with Crippen molar-refractivity contribution in [2.75, 3.05) is 26.9 Å². The Labute approximate surface area is 112 Å². The van der Waals surface area contributed by atoms with Gasteiger partial charge in [-0.05, 0) is 37.6 Å². The summed E-state index contributed by atoms with van der Waals surface area (Å²) in [6.45, 7) is 3.87. The van der Waals surface area contributed by atoms with Gasteiger partial charge >= 0.3 is 5.97 Å². The summed E-state index contributed by atoms with van der Waals surface area (Å²) in [4.78, 5) is 11.7. The normalized spacial score (nSPS) is 12.2. The zero-order valence-electron chi connectivity index (χ0n) is 11.3. The van der Waals surface area contributed by atoms with Gasteiger partial charge in [-0.2, -0.15) is 0 Å². The third kappa shape index (κ3) is 5.36. The maximum atomic E-state index is 12.9. The van der Waals surface area contributed by atoms with Crippen LogP contribution >= 0.6 is 0 Å². The van der Waals surface area contributed by atoms with Gasteiger partial charge in [-0.1, -0.05) is 12.1 Å². The van der Waals surface area contributed by atoms with Crippen LogP contribution in [0.4, 0.5) is 4.39 Å². The molecular weight excluding hydrogens is 249 g/mol. The van der Waals surface area contributed by atoms with Gasteiger partial charge in [-0.25, -0.2) is 9.18 Å². The Hall–Kier alpha value is -1.46. The Bertz CT molecular complexity index is 381. The standard InChI is InChI=1S/C14H20FNO3/c1-3-19-10-4-9-16-13(14(17)18-2)11-5-7-12(15)8-6-11/h5-8,13,16H,3-4,9-10H2,1-2H3. The molecule has 0 fully saturated rings. The van der Waals surface area contributed by atoms with Crippen molar-refractivity contribution in [1.82, 2.24) is 5.32 Å². The molecule has 0 bridgehead atoms. The van der Waals surface area contributed by atoms with E-state index in [0.717, 1.165) is 6.42 Å². The second-order valence-corrected chi connectivity index (χ2v) is 4.01. The van der Waals surface area contributed by atoms with E-state index in [1.165, 1.54) is 19.2 Å². The number of benzene rings is 1. The summed E-state index contributed by atoms with van der Waals surface area (Å²) in [5.41, 5.74) is 0.685. The van der Waals surface area contributed by atoms with Gasteiger partial charge < -0.3 is 14.8 Å². The number of hydrogen-bond donors (Lipinski definition) is 1. The minimum atomic E-state index is -0.577. The molecule has 0 radical (unpaired) electrons. The molecule has 0 aliphatic carbocycles. The van der Waals surface area contributed by atoms with E-state index in [-0.39, 0.29) is 11.8 Å². The number of ether oxygens (including phenoxy) is 2. The predicted molar refractivity (Wildman–Crippen MR) is 70.3 cm³/mol. The van der Waals surface area contributed by atoms with Crippen LogP contribution in [0.2, 0.25) is 0 Å². The Balaban J connectivity index is 2.57. The summed E-state index contributed by atoms with van der Waals surface area (Å²) in [6.07, 6.45) is 0.794. The zero-order valence-corrected chi connectivity index (χ0v) is 11.3. The van der Waals surface area contributed by atoms with Crippen LogP contribution in [0.25, 0.3) is 0 Å². The molecule has 1 aromatic rings. The van der Waals surface area contributed by atoms with Crippen LogP contribution < -0.4 is 5.32 Å². The number of halogens is 1. The van der Waals surface area contributed by atoms with Crippen LogP contribution in [-0.4, -0.2) is 32.8 Å². The first-order valence-electron chi connectivity index (χ1n) is 6.33. The predicted octanol–water partition coefficient (Wildman–Crippen LogP) is 2.06. The molecule has 0 saturated heterocycles. The van der Waals surface area contributed by atoms with Crippen molar-refractivity contribution in [3.05, 3.63) is 35.6 Å². The average molecular weight is 269 g/mol. The Morgan fingerprint density at radius 3 is 2.63 bits per heavy atom. The smallest absolute Gasteiger partial charge is 0.327 e. The molecule has 19 heavy (non-hydrogen) atoms. The van der Waals surface area contributed by atoms with Crippen LogP contribution in [0, 0.1) is 5.82 Å². The van der Waals surface area contributed by atoms with E-state index < -0.39 is 6.04 Å². The monoisotopic (exact) mass is 269 g/mol. The second kappa shape index (κ2) is 8.61. The molecule has 106 valence electrons. The molecule has 1 atom stereocenters. The van der Waals surface area contributed by atoms with Gasteiger partial charge in [0.2, 0.25) is 0 Å². The largest absolute Gasteiger partial charge is 0.468 e. The molecule has 1 rings (SSSR count). The van der Waals surface area contributed by atoms with Crippen LogP contribution in [0.15, 0.2) is 24.3 Å². The van der Waals surface area contributed by atoms with Gasteiger partial charge in [0.25, 0.3) is 0 Å². The number of carbonyl (C=O) groups excluding carboxylic acids is 1. The highest BCUT2D eigenvalue weighted by atomic mass is 19.1. The summed E-state index contributed by atoms with van der Waals surface area (Å²) in [5.74, 6) is -0.716. The fourth-order valence-corrected chi connectivity index (χ4v) is 1.68. The molecule has 1 N–H and O–H groups in total. The Morgan fingerprint density at radius 1 is 1.37 bits per heavy atom. The maximum Gasteiger partial charge on any atom is 0.327 e. The molecule has 0 saturated carbocycles. The summed E-state index contributed by atoms with van der Waals surface area (Å²) in [6, 6.07) is 5.23. The van der Waals surface area contributed by atoms with Gasteiger partial charge in [0.1, 0.15) is 11.9 Å². The lowest BCUT2D eigenvalue weighted by atomic mass is 10.1. The minimum Gasteiger partial charge on any atom is -0.468 e. The molecule has 1 unspecified atom stereocenters. The molecule has 0 spiro atoms. The Morgan fingerprint density at radius 2 is 2.05 bits per heavy atom. The molecular formula is C14H20FNO3. The van der Waals surface area contributed by atoms with Gasteiger partial charge in [-0.15, -0.1) is 0 Å². The molecule has 5 heteroatoms. The van der Waals surface area contributed by atoms with Crippen LogP contribution in [0.3, 0.4) is 0 Å². The quantitative estimate of drug-likeness (QED) is 0.579. The van der Waals surface area contributed by atoms with E-state index in [0.29, 0.717) is 25.3 Å².